The molecule has 0 aliphatic carbocycles. The van der Waals surface area contributed by atoms with E-state index < -0.39 is 15.7 Å². The van der Waals surface area contributed by atoms with Gasteiger partial charge in [-0.3, -0.25) is 0 Å². The topological polar surface area (TPSA) is 34.1 Å². The lowest BCUT2D eigenvalue weighted by molar-refractivity contribution is 0.596. The Bertz CT molecular complexity index is 622. The summed E-state index contributed by atoms with van der Waals surface area (Å²) < 4.78 is 36.7. The Balaban J connectivity index is 1.97. The van der Waals surface area contributed by atoms with Crippen molar-refractivity contribution in [2.75, 3.05) is 11.5 Å². The van der Waals surface area contributed by atoms with Crippen molar-refractivity contribution in [3.05, 3.63) is 60.4 Å². The first-order valence-corrected chi connectivity index (χ1v) is 8.38. The van der Waals surface area contributed by atoms with E-state index in [9.17, 15) is 12.8 Å². The fraction of sp³-hybridized carbons (Fsp3) is 0.143. The highest BCUT2D eigenvalue weighted by molar-refractivity contribution is 8.00. The minimum Gasteiger partial charge on any atom is -0.224 e. The van der Waals surface area contributed by atoms with Crippen molar-refractivity contribution in [2.24, 2.45) is 0 Å². The number of hydrogen-bond acceptors (Lipinski definition) is 3. The molecule has 2 aromatic rings. The van der Waals surface area contributed by atoms with Crippen LogP contribution in [0.5, 0.6) is 0 Å². The summed E-state index contributed by atoms with van der Waals surface area (Å²) in [6.45, 7) is 0. The number of hydrogen-bond donors (Lipinski definition) is 0. The summed E-state index contributed by atoms with van der Waals surface area (Å²) in [5.41, 5.74) is 0. The summed E-state index contributed by atoms with van der Waals surface area (Å²) in [5, 5.41) is 0. The summed E-state index contributed by atoms with van der Waals surface area (Å²) in [4.78, 5) is 1.21. The predicted octanol–water partition coefficient (Wildman–Crippen LogP) is 3.39. The van der Waals surface area contributed by atoms with Gasteiger partial charge in [-0.2, -0.15) is 0 Å². The maximum absolute atomic E-state index is 12.7. The lowest BCUT2D eigenvalue weighted by atomic mass is 10.4. The van der Waals surface area contributed by atoms with E-state index in [1.54, 1.807) is 0 Å². The van der Waals surface area contributed by atoms with Crippen molar-refractivity contribution in [1.82, 2.24) is 0 Å². The quantitative estimate of drug-likeness (QED) is 0.626. The number of sulfone groups is 1. The van der Waals surface area contributed by atoms with Crippen molar-refractivity contribution in [3.8, 4) is 0 Å². The Labute approximate surface area is 116 Å². The van der Waals surface area contributed by atoms with E-state index >= 15 is 0 Å². The molecule has 2 rings (SSSR count). The second kappa shape index (κ2) is 6.21. The molecule has 0 spiro atoms. The van der Waals surface area contributed by atoms with Crippen LogP contribution in [0.25, 0.3) is 0 Å². The molecule has 2 aromatic carbocycles. The Hall–Kier alpha value is -1.33. The first-order chi connectivity index (χ1) is 9.08. The average Bonchev–Trinajstić information content (AvgIpc) is 2.40. The lowest BCUT2D eigenvalue weighted by Gasteiger charge is -2.04. The molecule has 0 saturated carbocycles. The van der Waals surface area contributed by atoms with Gasteiger partial charge < -0.3 is 0 Å². The Morgan fingerprint density at radius 1 is 0.947 bits per heavy atom. The van der Waals surface area contributed by atoms with Crippen molar-refractivity contribution in [1.29, 1.82) is 0 Å². The molecule has 0 atom stereocenters. The molecule has 5 heteroatoms. The smallest absolute Gasteiger partial charge is 0.179 e. The average molecular weight is 296 g/mol. The first-order valence-electron chi connectivity index (χ1n) is 5.74. The highest BCUT2D eigenvalue weighted by Crippen LogP contribution is 2.19. The van der Waals surface area contributed by atoms with Crippen molar-refractivity contribution < 1.29 is 12.8 Å². The zero-order valence-electron chi connectivity index (χ0n) is 10.1. The Kier molecular flexibility index (Phi) is 4.61. The molecule has 0 unspecified atom stereocenters. The standard InChI is InChI=1S/C14H13FO2S2/c15-12-6-8-14(9-7-12)19(16,17)11-10-18-13-4-2-1-3-5-13/h1-9H,10-11H2. The van der Waals surface area contributed by atoms with Crippen LogP contribution in [0, 0.1) is 5.82 Å². The molecule has 0 aliphatic heterocycles. The van der Waals surface area contributed by atoms with Gasteiger partial charge in [-0.25, -0.2) is 12.8 Å². The monoisotopic (exact) mass is 296 g/mol. The van der Waals surface area contributed by atoms with Gasteiger partial charge in [0.05, 0.1) is 10.6 Å². The number of rotatable bonds is 5. The predicted molar refractivity (Wildman–Crippen MR) is 75.6 cm³/mol. The molecule has 0 N–H and O–H groups in total. The molecule has 0 amide bonds. The van der Waals surface area contributed by atoms with E-state index in [1.165, 1.54) is 23.9 Å². The zero-order valence-corrected chi connectivity index (χ0v) is 11.8. The van der Waals surface area contributed by atoms with E-state index in [0.717, 1.165) is 17.0 Å². The largest absolute Gasteiger partial charge is 0.224 e. The molecule has 0 saturated heterocycles. The molecule has 0 radical (unpaired) electrons. The van der Waals surface area contributed by atoms with Crippen LogP contribution in [0.15, 0.2) is 64.4 Å². The van der Waals surface area contributed by atoms with Gasteiger partial charge in [0.1, 0.15) is 5.82 Å². The van der Waals surface area contributed by atoms with E-state index in [0.29, 0.717) is 5.75 Å². The van der Waals surface area contributed by atoms with Gasteiger partial charge in [-0.15, -0.1) is 11.8 Å². The van der Waals surface area contributed by atoms with Gasteiger partial charge in [0.2, 0.25) is 0 Å². The summed E-state index contributed by atoms with van der Waals surface area (Å²) in [5.74, 6) is 0.0830. The van der Waals surface area contributed by atoms with Crippen LogP contribution in [0.1, 0.15) is 0 Å². The minimum atomic E-state index is -3.33. The minimum absolute atomic E-state index is 0.0399. The van der Waals surface area contributed by atoms with Crippen LogP contribution in [-0.4, -0.2) is 19.9 Å². The molecule has 2 nitrogen and oxygen atoms in total. The summed E-state index contributed by atoms with van der Waals surface area (Å²) in [7, 11) is -3.33. The second-order valence-corrected chi connectivity index (χ2v) is 7.21. The molecule has 0 aliphatic rings. The SMILES string of the molecule is O=S(=O)(CCSc1ccccc1)c1ccc(F)cc1. The van der Waals surface area contributed by atoms with Crippen LogP contribution in [-0.2, 0) is 9.84 Å². The van der Waals surface area contributed by atoms with Gasteiger partial charge in [0, 0.05) is 10.6 Å². The summed E-state index contributed by atoms with van der Waals surface area (Å²) in [6, 6.07) is 14.6. The number of benzene rings is 2. The highest BCUT2D eigenvalue weighted by atomic mass is 32.2. The van der Waals surface area contributed by atoms with Crippen LogP contribution >= 0.6 is 11.8 Å². The maximum atomic E-state index is 12.7. The molecule has 19 heavy (non-hydrogen) atoms. The van der Waals surface area contributed by atoms with Crippen molar-refractivity contribution >= 4 is 21.6 Å². The van der Waals surface area contributed by atoms with Crippen LogP contribution < -0.4 is 0 Å². The van der Waals surface area contributed by atoms with E-state index in [2.05, 4.69) is 0 Å². The van der Waals surface area contributed by atoms with E-state index in [4.69, 9.17) is 0 Å². The van der Waals surface area contributed by atoms with Gasteiger partial charge in [0.25, 0.3) is 0 Å². The third-order valence-electron chi connectivity index (χ3n) is 2.54. The van der Waals surface area contributed by atoms with Gasteiger partial charge in [0.15, 0.2) is 9.84 Å². The molecular formula is C14H13FO2S2. The Morgan fingerprint density at radius 2 is 1.58 bits per heavy atom. The zero-order chi connectivity index (χ0) is 13.7. The Morgan fingerprint density at radius 3 is 2.21 bits per heavy atom. The van der Waals surface area contributed by atoms with Crippen LogP contribution in [0.2, 0.25) is 0 Å². The third kappa shape index (κ3) is 4.08. The molecule has 0 fully saturated rings. The van der Waals surface area contributed by atoms with Crippen molar-refractivity contribution in [3.63, 3.8) is 0 Å². The maximum Gasteiger partial charge on any atom is 0.179 e. The second-order valence-electron chi connectivity index (χ2n) is 3.93. The van der Waals surface area contributed by atoms with Gasteiger partial charge in [-0.1, -0.05) is 18.2 Å². The van der Waals surface area contributed by atoms with E-state index in [1.807, 2.05) is 30.3 Å². The van der Waals surface area contributed by atoms with Crippen LogP contribution in [0.3, 0.4) is 0 Å². The summed E-state index contributed by atoms with van der Waals surface area (Å²) >= 11 is 1.49. The van der Waals surface area contributed by atoms with E-state index in [-0.39, 0.29) is 10.6 Å². The molecule has 0 heterocycles. The molecule has 0 bridgehead atoms. The third-order valence-corrected chi connectivity index (χ3v) is 5.54. The molecule has 100 valence electrons. The highest BCUT2D eigenvalue weighted by Gasteiger charge is 2.14. The molecular weight excluding hydrogens is 283 g/mol. The fourth-order valence-electron chi connectivity index (χ4n) is 1.55. The lowest BCUT2D eigenvalue weighted by Crippen LogP contribution is -2.08. The normalized spacial score (nSPS) is 11.4. The number of thioether (sulfide) groups is 1. The van der Waals surface area contributed by atoms with Crippen molar-refractivity contribution in [2.45, 2.75) is 9.79 Å². The van der Waals surface area contributed by atoms with Gasteiger partial charge in [-0.05, 0) is 36.4 Å². The first kappa shape index (κ1) is 14.1. The summed E-state index contributed by atoms with van der Waals surface area (Å²) in [6.07, 6.45) is 0. The van der Waals surface area contributed by atoms with Crippen LogP contribution in [0.4, 0.5) is 4.39 Å². The molecule has 0 aromatic heterocycles. The van der Waals surface area contributed by atoms with Gasteiger partial charge >= 0.3 is 0 Å². The fourth-order valence-corrected chi connectivity index (χ4v) is 4.13. The number of halogens is 1.